The lowest BCUT2D eigenvalue weighted by Gasteiger charge is -2.08. The second-order valence-electron chi connectivity index (χ2n) is 6.94. The third-order valence-corrected chi connectivity index (χ3v) is 5.62. The van der Waals surface area contributed by atoms with E-state index in [1.165, 1.54) is 4.70 Å². The average Bonchev–Trinajstić information content (AvgIpc) is 3.18. The Morgan fingerprint density at radius 1 is 1.03 bits per heavy atom. The summed E-state index contributed by atoms with van der Waals surface area (Å²) in [4.78, 5) is 28.7. The maximum atomic E-state index is 12.2. The maximum absolute atomic E-state index is 12.2. The number of fused-ring (bicyclic) bond motifs is 1. The zero-order chi connectivity index (χ0) is 21.2. The molecule has 0 aliphatic rings. The van der Waals surface area contributed by atoms with Crippen molar-refractivity contribution in [1.82, 2.24) is 15.6 Å². The van der Waals surface area contributed by atoms with Crippen LogP contribution in [0, 0.1) is 0 Å². The second kappa shape index (κ2) is 11.3. The van der Waals surface area contributed by atoms with E-state index in [2.05, 4.69) is 28.6 Å². The lowest BCUT2D eigenvalue weighted by Crippen LogP contribution is -2.37. The van der Waals surface area contributed by atoms with E-state index in [1.54, 1.807) is 35.6 Å². The minimum absolute atomic E-state index is 0.0469. The molecule has 0 fully saturated rings. The molecule has 7 heteroatoms. The minimum atomic E-state index is -0.278. The highest BCUT2D eigenvalue weighted by Crippen LogP contribution is 2.22. The number of amides is 2. The number of unbranched alkanes of at least 4 members (excludes halogenated alkanes) is 1. The molecule has 1 heterocycles. The van der Waals surface area contributed by atoms with Gasteiger partial charge in [0.05, 0.1) is 28.4 Å². The topological polar surface area (TPSA) is 80.3 Å². The zero-order valence-electron chi connectivity index (χ0n) is 17.1. The van der Waals surface area contributed by atoms with Crippen LogP contribution in [-0.4, -0.2) is 36.5 Å². The van der Waals surface area contributed by atoms with Gasteiger partial charge in [-0.3, -0.25) is 9.59 Å². The van der Waals surface area contributed by atoms with E-state index in [4.69, 9.17) is 4.74 Å². The molecule has 3 rings (SSSR count). The lowest BCUT2D eigenvalue weighted by molar-refractivity contribution is -0.120. The van der Waals surface area contributed by atoms with Crippen molar-refractivity contribution in [3.05, 3.63) is 59.1 Å². The van der Waals surface area contributed by atoms with Crippen LogP contribution in [0.4, 0.5) is 0 Å². The van der Waals surface area contributed by atoms with Crippen LogP contribution in [-0.2, 0) is 11.2 Å². The summed E-state index contributed by atoms with van der Waals surface area (Å²) in [5.74, 6) is 0.262. The fourth-order valence-corrected chi connectivity index (χ4v) is 3.87. The number of nitrogens with zero attached hydrogens (tertiary/aromatic N) is 1. The van der Waals surface area contributed by atoms with Gasteiger partial charge in [0.2, 0.25) is 5.91 Å². The number of hydrogen-bond acceptors (Lipinski definition) is 5. The molecule has 2 amide bonds. The highest BCUT2D eigenvalue weighted by molar-refractivity contribution is 7.18. The van der Waals surface area contributed by atoms with E-state index in [0.29, 0.717) is 18.7 Å². The maximum Gasteiger partial charge on any atom is 0.251 e. The first-order valence-electron chi connectivity index (χ1n) is 10.3. The standard InChI is InChI=1S/C23H27N3O3S/c1-2-3-15-29-18-12-10-17(11-13-18)23(28)25-16-21(27)24-14-6-9-22-26-19-7-4-5-8-20(19)30-22/h4-5,7-8,10-13H,2-3,6,9,14-16H2,1H3,(H,24,27)(H,25,28). The van der Waals surface area contributed by atoms with E-state index in [9.17, 15) is 9.59 Å². The first kappa shape index (κ1) is 21.8. The van der Waals surface area contributed by atoms with Gasteiger partial charge in [-0.2, -0.15) is 0 Å². The van der Waals surface area contributed by atoms with Gasteiger partial charge in [0.25, 0.3) is 5.91 Å². The van der Waals surface area contributed by atoms with Crippen LogP contribution >= 0.6 is 11.3 Å². The van der Waals surface area contributed by atoms with Gasteiger partial charge >= 0.3 is 0 Å². The fraction of sp³-hybridized carbons (Fsp3) is 0.348. The highest BCUT2D eigenvalue weighted by Gasteiger charge is 2.09. The van der Waals surface area contributed by atoms with Gasteiger partial charge in [-0.1, -0.05) is 25.5 Å². The van der Waals surface area contributed by atoms with Gasteiger partial charge < -0.3 is 15.4 Å². The van der Waals surface area contributed by atoms with E-state index in [1.807, 2.05) is 18.2 Å². The molecule has 158 valence electrons. The smallest absolute Gasteiger partial charge is 0.251 e. The molecular weight excluding hydrogens is 398 g/mol. The molecule has 1 aromatic heterocycles. The van der Waals surface area contributed by atoms with Crippen molar-refractivity contribution < 1.29 is 14.3 Å². The van der Waals surface area contributed by atoms with Gasteiger partial charge in [0, 0.05) is 18.5 Å². The van der Waals surface area contributed by atoms with Crippen molar-refractivity contribution in [2.24, 2.45) is 0 Å². The van der Waals surface area contributed by atoms with E-state index in [-0.39, 0.29) is 18.4 Å². The van der Waals surface area contributed by atoms with Crippen LogP contribution < -0.4 is 15.4 Å². The number of benzene rings is 2. The Morgan fingerprint density at radius 2 is 1.83 bits per heavy atom. The normalized spacial score (nSPS) is 10.7. The molecule has 30 heavy (non-hydrogen) atoms. The number of thiazole rings is 1. The van der Waals surface area contributed by atoms with Crippen LogP contribution in [0.15, 0.2) is 48.5 Å². The second-order valence-corrected chi connectivity index (χ2v) is 8.05. The van der Waals surface area contributed by atoms with Crippen LogP contribution in [0.3, 0.4) is 0 Å². The van der Waals surface area contributed by atoms with Gasteiger partial charge in [-0.15, -0.1) is 11.3 Å². The Hall–Kier alpha value is -2.93. The monoisotopic (exact) mass is 425 g/mol. The molecule has 0 radical (unpaired) electrons. The Morgan fingerprint density at radius 3 is 2.60 bits per heavy atom. The number of aryl methyl sites for hydroxylation is 1. The van der Waals surface area contributed by atoms with Crippen molar-refractivity contribution in [1.29, 1.82) is 0 Å². The van der Waals surface area contributed by atoms with Crippen LogP contribution in [0.5, 0.6) is 5.75 Å². The predicted molar refractivity (Wildman–Crippen MR) is 120 cm³/mol. The number of hydrogen-bond donors (Lipinski definition) is 2. The Balaban J connectivity index is 1.33. The molecular formula is C23H27N3O3S. The summed E-state index contributed by atoms with van der Waals surface area (Å²) in [5.41, 5.74) is 1.52. The number of carbonyl (C=O) groups is 2. The number of nitrogens with one attached hydrogen (secondary N) is 2. The quantitative estimate of drug-likeness (QED) is 0.456. The summed E-state index contributed by atoms with van der Waals surface area (Å²) in [6.07, 6.45) is 3.69. The largest absolute Gasteiger partial charge is 0.494 e. The highest BCUT2D eigenvalue weighted by atomic mass is 32.1. The predicted octanol–water partition coefficient (Wildman–Crippen LogP) is 3.95. The molecule has 6 nitrogen and oxygen atoms in total. The number of rotatable bonds is 11. The van der Waals surface area contributed by atoms with Crippen LogP contribution in [0.25, 0.3) is 10.2 Å². The molecule has 2 N–H and O–H groups in total. The summed E-state index contributed by atoms with van der Waals surface area (Å²) < 4.78 is 6.76. The van der Waals surface area contributed by atoms with E-state index < -0.39 is 0 Å². The number of aromatic nitrogens is 1. The van der Waals surface area contributed by atoms with Crippen molar-refractivity contribution in [3.8, 4) is 5.75 Å². The molecule has 0 aliphatic carbocycles. The molecule has 0 saturated heterocycles. The lowest BCUT2D eigenvalue weighted by atomic mass is 10.2. The molecule has 0 saturated carbocycles. The molecule has 0 unspecified atom stereocenters. The zero-order valence-corrected chi connectivity index (χ0v) is 18.0. The number of para-hydroxylation sites is 1. The first-order chi connectivity index (χ1) is 14.7. The Kier molecular flexibility index (Phi) is 8.20. The molecule has 2 aromatic carbocycles. The molecule has 3 aromatic rings. The number of ether oxygens (including phenoxy) is 1. The van der Waals surface area contributed by atoms with Crippen molar-refractivity contribution in [3.63, 3.8) is 0 Å². The van der Waals surface area contributed by atoms with E-state index in [0.717, 1.165) is 42.0 Å². The summed E-state index contributed by atoms with van der Waals surface area (Å²) in [7, 11) is 0. The fourth-order valence-electron chi connectivity index (χ4n) is 2.86. The summed E-state index contributed by atoms with van der Waals surface area (Å²) in [6.45, 7) is 3.28. The summed E-state index contributed by atoms with van der Waals surface area (Å²) in [5, 5.41) is 6.55. The van der Waals surface area contributed by atoms with Gasteiger partial charge in [0.1, 0.15) is 5.75 Å². The summed E-state index contributed by atoms with van der Waals surface area (Å²) >= 11 is 1.68. The van der Waals surface area contributed by atoms with Crippen LogP contribution in [0.2, 0.25) is 0 Å². The van der Waals surface area contributed by atoms with Crippen molar-refractivity contribution in [2.45, 2.75) is 32.6 Å². The Labute approximate surface area is 180 Å². The average molecular weight is 426 g/mol. The molecule has 0 spiro atoms. The molecule has 0 bridgehead atoms. The summed E-state index contributed by atoms with van der Waals surface area (Å²) in [6, 6.07) is 15.0. The SMILES string of the molecule is CCCCOc1ccc(C(=O)NCC(=O)NCCCc2nc3ccccc3s2)cc1. The van der Waals surface area contributed by atoms with Gasteiger partial charge in [-0.25, -0.2) is 4.98 Å². The molecule has 0 atom stereocenters. The minimum Gasteiger partial charge on any atom is -0.494 e. The Bertz CT molecular complexity index is 936. The third kappa shape index (κ3) is 6.56. The van der Waals surface area contributed by atoms with Crippen molar-refractivity contribution >= 4 is 33.4 Å². The third-order valence-electron chi connectivity index (χ3n) is 4.52. The van der Waals surface area contributed by atoms with E-state index >= 15 is 0 Å². The van der Waals surface area contributed by atoms with Gasteiger partial charge in [0.15, 0.2) is 0 Å². The molecule has 0 aliphatic heterocycles. The number of carbonyl (C=O) groups excluding carboxylic acids is 2. The first-order valence-corrected chi connectivity index (χ1v) is 11.1. The van der Waals surface area contributed by atoms with Gasteiger partial charge in [-0.05, 0) is 49.2 Å². The van der Waals surface area contributed by atoms with Crippen molar-refractivity contribution in [2.75, 3.05) is 19.7 Å². The van der Waals surface area contributed by atoms with Crippen LogP contribution in [0.1, 0.15) is 41.6 Å².